The van der Waals surface area contributed by atoms with Gasteiger partial charge < -0.3 is 4.90 Å². The van der Waals surface area contributed by atoms with Crippen molar-refractivity contribution >= 4 is 22.2 Å². The fraction of sp³-hybridized carbons (Fsp3) is 0.455. The molecule has 5 nitrogen and oxygen atoms in total. The topological polar surface area (TPSA) is 40.9 Å². The van der Waals surface area contributed by atoms with Crippen LogP contribution >= 0.6 is 11.3 Å². The van der Waals surface area contributed by atoms with Crippen LogP contribution in [0.4, 0.5) is 0 Å². The highest BCUT2D eigenvalue weighted by Gasteiger charge is 2.29. The molecule has 0 bridgehead atoms. The molecule has 2 aliphatic heterocycles. The highest BCUT2D eigenvalue weighted by Crippen LogP contribution is 2.29. The van der Waals surface area contributed by atoms with Crippen LogP contribution in [-0.2, 0) is 6.54 Å². The minimum atomic E-state index is 0.111. The summed E-state index contributed by atoms with van der Waals surface area (Å²) in [5.74, 6) is 0.679. The molecule has 2 aliphatic rings. The molecule has 0 N–H and O–H groups in total. The number of thiazole rings is 1. The largest absolute Gasteiger partial charge is 0.337 e. The van der Waals surface area contributed by atoms with E-state index in [0.717, 1.165) is 56.2 Å². The van der Waals surface area contributed by atoms with E-state index < -0.39 is 0 Å². The number of piperidine rings is 1. The third-order valence-electron chi connectivity index (χ3n) is 6.11. The smallest absolute Gasteiger partial charge is 0.274 e. The van der Waals surface area contributed by atoms with E-state index in [0.29, 0.717) is 11.6 Å². The molecular weight excluding hydrogens is 368 g/mol. The van der Waals surface area contributed by atoms with Gasteiger partial charge in [-0.25, -0.2) is 4.98 Å². The van der Waals surface area contributed by atoms with Crippen molar-refractivity contribution in [3.63, 3.8) is 0 Å². The van der Waals surface area contributed by atoms with Gasteiger partial charge in [-0.1, -0.05) is 30.3 Å². The standard InChI is InChI=1S/C22H26N4OS/c27-21(25-11-4-5-12-25)20-19(26-13-14-28-22(26)23-20)16-24-10-6-9-18(15-24)17-7-2-1-3-8-17/h1-3,7-8,13-14,18H,4-6,9-12,15-16H2/t18-/m1/s1. The summed E-state index contributed by atoms with van der Waals surface area (Å²) >= 11 is 1.60. The number of likely N-dealkylation sites (tertiary alicyclic amines) is 2. The summed E-state index contributed by atoms with van der Waals surface area (Å²) in [5.41, 5.74) is 3.15. The fourth-order valence-corrected chi connectivity index (χ4v) is 5.37. The van der Waals surface area contributed by atoms with Crippen LogP contribution in [0.15, 0.2) is 41.9 Å². The first-order valence-corrected chi connectivity index (χ1v) is 11.2. The van der Waals surface area contributed by atoms with Crippen LogP contribution < -0.4 is 0 Å². The Bertz CT molecular complexity index is 957. The van der Waals surface area contributed by atoms with Gasteiger partial charge in [-0.3, -0.25) is 14.1 Å². The molecule has 5 rings (SSSR count). The number of amides is 1. The van der Waals surface area contributed by atoms with Crippen molar-refractivity contribution in [1.82, 2.24) is 19.2 Å². The summed E-state index contributed by atoms with van der Waals surface area (Å²) in [6.07, 6.45) is 6.70. The van der Waals surface area contributed by atoms with E-state index in [2.05, 4.69) is 51.2 Å². The van der Waals surface area contributed by atoms with E-state index >= 15 is 0 Å². The summed E-state index contributed by atoms with van der Waals surface area (Å²) in [7, 11) is 0. The zero-order valence-electron chi connectivity index (χ0n) is 16.1. The molecule has 28 heavy (non-hydrogen) atoms. The van der Waals surface area contributed by atoms with Gasteiger partial charge in [-0.05, 0) is 43.7 Å². The monoisotopic (exact) mass is 394 g/mol. The maximum atomic E-state index is 13.1. The minimum Gasteiger partial charge on any atom is -0.337 e. The van der Waals surface area contributed by atoms with Crippen LogP contribution in [0.25, 0.3) is 4.96 Å². The Kier molecular flexibility index (Phi) is 4.91. The minimum absolute atomic E-state index is 0.111. The first kappa shape index (κ1) is 17.9. The van der Waals surface area contributed by atoms with Gasteiger partial charge in [0.15, 0.2) is 10.7 Å². The highest BCUT2D eigenvalue weighted by atomic mass is 32.1. The Hall–Kier alpha value is -2.18. The second-order valence-electron chi connectivity index (χ2n) is 7.95. The number of nitrogens with zero attached hydrogens (tertiary/aromatic N) is 4. The summed E-state index contributed by atoms with van der Waals surface area (Å²) < 4.78 is 2.13. The van der Waals surface area contributed by atoms with Gasteiger partial charge in [0.25, 0.3) is 5.91 Å². The van der Waals surface area contributed by atoms with Crippen LogP contribution in [-0.4, -0.2) is 51.3 Å². The second-order valence-corrected chi connectivity index (χ2v) is 8.82. The predicted octanol–water partition coefficient (Wildman–Crippen LogP) is 4.01. The number of hydrogen-bond donors (Lipinski definition) is 0. The van der Waals surface area contributed by atoms with E-state index in [9.17, 15) is 4.79 Å². The average molecular weight is 395 g/mol. The maximum Gasteiger partial charge on any atom is 0.274 e. The molecule has 2 fully saturated rings. The highest BCUT2D eigenvalue weighted by molar-refractivity contribution is 7.15. The zero-order chi connectivity index (χ0) is 18.9. The summed E-state index contributed by atoms with van der Waals surface area (Å²) in [6.45, 7) is 4.64. The molecule has 146 valence electrons. The number of rotatable bonds is 4. The molecule has 3 aromatic rings. The van der Waals surface area contributed by atoms with Crippen LogP contribution in [0.1, 0.15) is 53.3 Å². The van der Waals surface area contributed by atoms with Crippen LogP contribution in [0.3, 0.4) is 0 Å². The van der Waals surface area contributed by atoms with E-state index in [1.54, 1.807) is 11.3 Å². The van der Waals surface area contributed by atoms with Gasteiger partial charge in [0.05, 0.1) is 5.69 Å². The Morgan fingerprint density at radius 2 is 1.93 bits per heavy atom. The Morgan fingerprint density at radius 3 is 2.75 bits per heavy atom. The van der Waals surface area contributed by atoms with Crippen LogP contribution in [0, 0.1) is 0 Å². The predicted molar refractivity (Wildman–Crippen MR) is 112 cm³/mol. The average Bonchev–Trinajstić information content (AvgIpc) is 3.48. The van der Waals surface area contributed by atoms with Gasteiger partial charge in [-0.15, -0.1) is 11.3 Å². The molecule has 0 aliphatic carbocycles. The van der Waals surface area contributed by atoms with Crippen molar-refractivity contribution in [3.8, 4) is 0 Å². The van der Waals surface area contributed by atoms with Gasteiger partial charge >= 0.3 is 0 Å². The number of carbonyl (C=O) groups excluding carboxylic acids is 1. The van der Waals surface area contributed by atoms with Crippen molar-refractivity contribution in [1.29, 1.82) is 0 Å². The van der Waals surface area contributed by atoms with E-state index in [1.165, 1.54) is 18.4 Å². The van der Waals surface area contributed by atoms with Gasteiger partial charge in [0.1, 0.15) is 0 Å². The molecule has 6 heteroatoms. The molecule has 0 unspecified atom stereocenters. The molecule has 0 spiro atoms. The zero-order valence-corrected chi connectivity index (χ0v) is 16.9. The molecular formula is C22H26N4OS. The van der Waals surface area contributed by atoms with Crippen molar-refractivity contribution < 1.29 is 4.79 Å². The molecule has 1 atom stereocenters. The third kappa shape index (κ3) is 3.35. The second kappa shape index (κ2) is 7.68. The Balaban J connectivity index is 1.40. The van der Waals surface area contributed by atoms with E-state index in [1.807, 2.05) is 4.90 Å². The van der Waals surface area contributed by atoms with Gasteiger partial charge in [0, 0.05) is 37.8 Å². The number of hydrogen-bond acceptors (Lipinski definition) is 4. The summed E-state index contributed by atoms with van der Waals surface area (Å²) in [4.78, 5) is 23.2. The van der Waals surface area contributed by atoms with Gasteiger partial charge in [-0.2, -0.15) is 0 Å². The first-order chi connectivity index (χ1) is 13.8. The van der Waals surface area contributed by atoms with Crippen molar-refractivity contribution in [3.05, 3.63) is 58.9 Å². The summed E-state index contributed by atoms with van der Waals surface area (Å²) in [6, 6.07) is 10.8. The Labute approximate surface area is 169 Å². The lowest BCUT2D eigenvalue weighted by Gasteiger charge is -2.33. The van der Waals surface area contributed by atoms with Crippen LogP contribution in [0.5, 0.6) is 0 Å². The maximum absolute atomic E-state index is 13.1. The number of imidazole rings is 1. The Morgan fingerprint density at radius 1 is 1.11 bits per heavy atom. The fourth-order valence-electron chi connectivity index (χ4n) is 4.63. The molecule has 2 saturated heterocycles. The van der Waals surface area contributed by atoms with Gasteiger partial charge in [0.2, 0.25) is 0 Å². The first-order valence-electron chi connectivity index (χ1n) is 10.3. The number of carbonyl (C=O) groups is 1. The van der Waals surface area contributed by atoms with Crippen molar-refractivity contribution in [2.24, 2.45) is 0 Å². The van der Waals surface area contributed by atoms with E-state index in [-0.39, 0.29) is 5.91 Å². The molecule has 1 aromatic carbocycles. The normalized spacial score (nSPS) is 20.9. The third-order valence-corrected chi connectivity index (χ3v) is 6.86. The van der Waals surface area contributed by atoms with Crippen molar-refractivity contribution in [2.45, 2.75) is 38.1 Å². The number of aromatic nitrogens is 2. The number of fused-ring (bicyclic) bond motifs is 1. The molecule has 2 aromatic heterocycles. The molecule has 1 amide bonds. The lowest BCUT2D eigenvalue weighted by atomic mass is 9.90. The number of benzene rings is 1. The molecule has 0 radical (unpaired) electrons. The lowest BCUT2D eigenvalue weighted by molar-refractivity contribution is 0.0784. The summed E-state index contributed by atoms with van der Waals surface area (Å²) in [5, 5.41) is 2.05. The van der Waals surface area contributed by atoms with Crippen LogP contribution in [0.2, 0.25) is 0 Å². The van der Waals surface area contributed by atoms with E-state index in [4.69, 9.17) is 4.98 Å². The lowest BCUT2D eigenvalue weighted by Crippen LogP contribution is -2.35. The molecule has 4 heterocycles. The SMILES string of the molecule is O=C(c1nc2sccn2c1CN1CCC[C@@H](c2ccccc2)C1)N1CCCC1. The van der Waals surface area contributed by atoms with Crippen molar-refractivity contribution in [2.75, 3.05) is 26.2 Å². The quantitative estimate of drug-likeness (QED) is 0.671. The molecule has 0 saturated carbocycles.